The van der Waals surface area contributed by atoms with E-state index in [1.54, 1.807) is 0 Å². The number of nitrogens with zero attached hydrogens (tertiary/aromatic N) is 1. The monoisotopic (exact) mass is 242 g/mol. The number of nitrogens with two attached hydrogens (primary N) is 1. The highest BCUT2D eigenvalue weighted by Crippen LogP contribution is 2.38. The third kappa shape index (κ3) is 2.65. The average molecular weight is 242 g/mol. The fraction of sp³-hybridized carbons (Fsp3) is 1.00. The minimum atomic E-state index is -0.00404. The van der Waals surface area contributed by atoms with Crippen molar-refractivity contribution in [1.29, 1.82) is 0 Å². The van der Waals surface area contributed by atoms with Crippen LogP contribution in [-0.2, 0) is 9.47 Å². The maximum absolute atomic E-state index is 6.11. The molecule has 2 saturated heterocycles. The second kappa shape index (κ2) is 5.22. The fourth-order valence-electron chi connectivity index (χ4n) is 3.16. The molecule has 100 valence electrons. The fourth-order valence-corrected chi connectivity index (χ4v) is 3.16. The van der Waals surface area contributed by atoms with Crippen LogP contribution >= 0.6 is 0 Å². The Kier molecular flexibility index (Phi) is 4.08. The molecule has 0 amide bonds. The highest BCUT2D eigenvalue weighted by molar-refractivity contribution is 5.00. The van der Waals surface area contributed by atoms with Crippen LogP contribution in [0.3, 0.4) is 0 Å². The summed E-state index contributed by atoms with van der Waals surface area (Å²) in [6.07, 6.45) is 3.16. The molecule has 0 spiro atoms. The van der Waals surface area contributed by atoms with Gasteiger partial charge in [0.2, 0.25) is 0 Å². The Bertz CT molecular complexity index is 256. The molecular weight excluding hydrogens is 216 g/mol. The van der Waals surface area contributed by atoms with Gasteiger partial charge >= 0.3 is 0 Å². The van der Waals surface area contributed by atoms with Crippen molar-refractivity contribution in [2.45, 2.75) is 44.2 Å². The van der Waals surface area contributed by atoms with Crippen LogP contribution in [0.1, 0.15) is 33.1 Å². The van der Waals surface area contributed by atoms with Crippen molar-refractivity contribution < 1.29 is 9.47 Å². The average Bonchev–Trinajstić information content (AvgIpc) is 2.40. The summed E-state index contributed by atoms with van der Waals surface area (Å²) >= 11 is 0. The van der Waals surface area contributed by atoms with Gasteiger partial charge in [0.05, 0.1) is 18.8 Å². The van der Waals surface area contributed by atoms with Gasteiger partial charge in [-0.25, -0.2) is 0 Å². The first-order valence-electron chi connectivity index (χ1n) is 6.81. The molecule has 0 aliphatic carbocycles. The third-order valence-electron chi connectivity index (χ3n) is 4.53. The van der Waals surface area contributed by atoms with Gasteiger partial charge in [0, 0.05) is 31.8 Å². The van der Waals surface area contributed by atoms with Crippen molar-refractivity contribution in [3.63, 3.8) is 0 Å². The quantitative estimate of drug-likeness (QED) is 0.802. The number of hydrogen-bond acceptors (Lipinski definition) is 4. The Morgan fingerprint density at radius 1 is 1.24 bits per heavy atom. The highest BCUT2D eigenvalue weighted by atomic mass is 16.5. The van der Waals surface area contributed by atoms with E-state index < -0.39 is 0 Å². The molecule has 2 atom stereocenters. The van der Waals surface area contributed by atoms with Gasteiger partial charge in [-0.15, -0.1) is 0 Å². The van der Waals surface area contributed by atoms with Crippen molar-refractivity contribution in [2.75, 3.05) is 39.5 Å². The van der Waals surface area contributed by atoms with Crippen LogP contribution < -0.4 is 5.73 Å². The molecule has 4 nitrogen and oxygen atoms in total. The van der Waals surface area contributed by atoms with Gasteiger partial charge < -0.3 is 15.2 Å². The normalized spacial score (nSPS) is 40.4. The third-order valence-corrected chi connectivity index (χ3v) is 4.53. The Hall–Kier alpha value is -0.160. The van der Waals surface area contributed by atoms with E-state index in [0.29, 0.717) is 0 Å². The van der Waals surface area contributed by atoms with E-state index in [4.69, 9.17) is 15.2 Å². The SMILES string of the molecule is CCC1(C)CC(CN)(N2CCOCC2)CCO1. The second-order valence-electron chi connectivity index (χ2n) is 5.61. The molecule has 2 rings (SSSR count). The summed E-state index contributed by atoms with van der Waals surface area (Å²) in [6, 6.07) is 0. The van der Waals surface area contributed by atoms with E-state index in [1.165, 1.54) is 0 Å². The first kappa shape index (κ1) is 13.3. The Morgan fingerprint density at radius 2 is 1.94 bits per heavy atom. The maximum Gasteiger partial charge on any atom is 0.0670 e. The Morgan fingerprint density at radius 3 is 2.53 bits per heavy atom. The van der Waals surface area contributed by atoms with Crippen LogP contribution in [0.25, 0.3) is 0 Å². The Labute approximate surface area is 104 Å². The minimum absolute atomic E-state index is 0.00404. The molecule has 2 N–H and O–H groups in total. The van der Waals surface area contributed by atoms with E-state index in [-0.39, 0.29) is 11.1 Å². The number of hydrogen-bond donors (Lipinski definition) is 1. The summed E-state index contributed by atoms with van der Waals surface area (Å²) in [5.74, 6) is 0. The first-order valence-corrected chi connectivity index (χ1v) is 6.81. The smallest absolute Gasteiger partial charge is 0.0670 e. The molecule has 2 heterocycles. The topological polar surface area (TPSA) is 47.7 Å². The van der Waals surface area contributed by atoms with Crippen molar-refractivity contribution in [3.05, 3.63) is 0 Å². The van der Waals surface area contributed by atoms with Gasteiger partial charge in [0.15, 0.2) is 0 Å². The van der Waals surface area contributed by atoms with Crippen LogP contribution in [0.2, 0.25) is 0 Å². The van der Waals surface area contributed by atoms with Crippen molar-refractivity contribution in [2.24, 2.45) is 5.73 Å². The van der Waals surface area contributed by atoms with Gasteiger partial charge in [-0.2, -0.15) is 0 Å². The molecule has 2 fully saturated rings. The summed E-state index contributed by atoms with van der Waals surface area (Å²) in [7, 11) is 0. The van der Waals surface area contributed by atoms with Crippen LogP contribution in [0.5, 0.6) is 0 Å². The van der Waals surface area contributed by atoms with Gasteiger partial charge in [-0.3, -0.25) is 4.90 Å². The zero-order valence-electron chi connectivity index (χ0n) is 11.2. The Balaban J connectivity index is 2.12. The van der Waals surface area contributed by atoms with Crippen molar-refractivity contribution in [3.8, 4) is 0 Å². The first-order chi connectivity index (χ1) is 8.14. The van der Waals surface area contributed by atoms with E-state index >= 15 is 0 Å². The maximum atomic E-state index is 6.11. The molecule has 0 aromatic carbocycles. The molecule has 0 saturated carbocycles. The molecule has 2 aliphatic rings. The lowest BCUT2D eigenvalue weighted by molar-refractivity contribution is -0.141. The standard InChI is InChI=1S/C13H26N2O2/c1-3-12(2)10-13(11-14,4-7-17-12)15-5-8-16-9-6-15/h3-11,14H2,1-2H3. The number of ether oxygens (including phenoxy) is 2. The minimum Gasteiger partial charge on any atom is -0.379 e. The molecule has 4 heteroatoms. The van der Waals surface area contributed by atoms with E-state index in [9.17, 15) is 0 Å². The molecule has 0 aromatic heterocycles. The predicted molar refractivity (Wildman–Crippen MR) is 68.1 cm³/mol. The molecule has 2 aliphatic heterocycles. The van der Waals surface area contributed by atoms with Crippen LogP contribution in [0, 0.1) is 0 Å². The van der Waals surface area contributed by atoms with E-state index in [2.05, 4.69) is 18.7 Å². The van der Waals surface area contributed by atoms with E-state index in [0.717, 1.165) is 58.7 Å². The van der Waals surface area contributed by atoms with Crippen molar-refractivity contribution in [1.82, 2.24) is 4.90 Å². The number of morpholine rings is 1. The lowest BCUT2D eigenvalue weighted by Gasteiger charge is -2.52. The summed E-state index contributed by atoms with van der Waals surface area (Å²) in [5.41, 5.74) is 6.23. The lowest BCUT2D eigenvalue weighted by Crippen LogP contribution is -2.63. The van der Waals surface area contributed by atoms with Crippen molar-refractivity contribution >= 4 is 0 Å². The molecule has 0 radical (unpaired) electrons. The largest absolute Gasteiger partial charge is 0.379 e. The predicted octanol–water partition coefficient (Wildman–Crippen LogP) is 0.995. The summed E-state index contributed by atoms with van der Waals surface area (Å²) in [5, 5.41) is 0. The zero-order chi connectivity index (χ0) is 12.4. The van der Waals surface area contributed by atoms with Gasteiger partial charge in [-0.05, 0) is 26.2 Å². The molecule has 0 aromatic rings. The van der Waals surface area contributed by atoms with Gasteiger partial charge in [0.25, 0.3) is 0 Å². The summed E-state index contributed by atoms with van der Waals surface area (Å²) < 4.78 is 11.4. The van der Waals surface area contributed by atoms with Crippen LogP contribution in [0.4, 0.5) is 0 Å². The van der Waals surface area contributed by atoms with Gasteiger partial charge in [0.1, 0.15) is 0 Å². The summed E-state index contributed by atoms with van der Waals surface area (Å²) in [6.45, 7) is 9.68. The number of rotatable bonds is 3. The van der Waals surface area contributed by atoms with E-state index in [1.807, 2.05) is 0 Å². The highest BCUT2D eigenvalue weighted by Gasteiger charge is 2.45. The lowest BCUT2D eigenvalue weighted by atomic mass is 9.77. The molecule has 0 bridgehead atoms. The molecule has 17 heavy (non-hydrogen) atoms. The van der Waals surface area contributed by atoms with Crippen LogP contribution in [0.15, 0.2) is 0 Å². The summed E-state index contributed by atoms with van der Waals surface area (Å²) in [4.78, 5) is 2.53. The second-order valence-corrected chi connectivity index (χ2v) is 5.61. The van der Waals surface area contributed by atoms with Crippen LogP contribution in [-0.4, -0.2) is 55.5 Å². The molecular formula is C13H26N2O2. The van der Waals surface area contributed by atoms with Gasteiger partial charge in [-0.1, -0.05) is 6.92 Å². The molecule has 2 unspecified atom stereocenters. The zero-order valence-corrected chi connectivity index (χ0v) is 11.2.